The SMILES string of the molecule is CC(C)(C)OC(=O)N1CCNC(=O)C1C(O)c1ccc(F)cc1. The molecular weight excluding hydrogens is 303 g/mol. The van der Waals surface area contributed by atoms with Gasteiger partial charge in [0.25, 0.3) is 0 Å². The van der Waals surface area contributed by atoms with E-state index in [-0.39, 0.29) is 13.1 Å². The van der Waals surface area contributed by atoms with Crippen LogP contribution < -0.4 is 5.32 Å². The number of rotatable bonds is 2. The molecule has 6 nitrogen and oxygen atoms in total. The van der Waals surface area contributed by atoms with Crippen molar-refractivity contribution in [2.24, 2.45) is 0 Å². The Balaban J connectivity index is 2.25. The van der Waals surface area contributed by atoms with E-state index in [0.29, 0.717) is 5.56 Å². The third-order valence-electron chi connectivity index (χ3n) is 3.39. The van der Waals surface area contributed by atoms with Gasteiger partial charge in [-0.3, -0.25) is 9.69 Å². The molecule has 2 rings (SSSR count). The van der Waals surface area contributed by atoms with Crippen molar-refractivity contribution in [3.8, 4) is 0 Å². The summed E-state index contributed by atoms with van der Waals surface area (Å²) in [6, 6.07) is 4.03. The first kappa shape index (κ1) is 17.2. The maximum atomic E-state index is 13.0. The quantitative estimate of drug-likeness (QED) is 0.866. The molecule has 1 heterocycles. The summed E-state index contributed by atoms with van der Waals surface area (Å²) in [5, 5.41) is 13.1. The van der Waals surface area contributed by atoms with E-state index in [1.54, 1.807) is 20.8 Å². The molecule has 1 aliphatic rings. The van der Waals surface area contributed by atoms with Crippen molar-refractivity contribution in [3.63, 3.8) is 0 Å². The molecule has 2 N–H and O–H groups in total. The Morgan fingerprint density at radius 2 is 2.00 bits per heavy atom. The standard InChI is InChI=1S/C16H21FN2O4/c1-16(2,3)23-15(22)19-9-8-18-14(21)12(19)13(20)10-4-6-11(17)7-5-10/h4-7,12-13,20H,8-9H2,1-3H3,(H,18,21). The van der Waals surface area contributed by atoms with Crippen LogP contribution in [0.25, 0.3) is 0 Å². The van der Waals surface area contributed by atoms with E-state index in [4.69, 9.17) is 4.74 Å². The summed E-state index contributed by atoms with van der Waals surface area (Å²) in [6.07, 6.45) is -1.94. The first-order valence-corrected chi connectivity index (χ1v) is 7.40. The Hall–Kier alpha value is -2.15. The van der Waals surface area contributed by atoms with Gasteiger partial charge in [0.2, 0.25) is 5.91 Å². The van der Waals surface area contributed by atoms with Crippen molar-refractivity contribution in [1.29, 1.82) is 0 Å². The van der Waals surface area contributed by atoms with Gasteiger partial charge in [-0.25, -0.2) is 9.18 Å². The highest BCUT2D eigenvalue weighted by molar-refractivity contribution is 5.87. The van der Waals surface area contributed by atoms with Crippen LogP contribution in [0.4, 0.5) is 9.18 Å². The maximum Gasteiger partial charge on any atom is 0.411 e. The number of ether oxygens (including phenoxy) is 1. The second-order valence-corrected chi connectivity index (χ2v) is 6.41. The molecule has 1 aromatic rings. The van der Waals surface area contributed by atoms with Crippen molar-refractivity contribution >= 4 is 12.0 Å². The zero-order valence-electron chi connectivity index (χ0n) is 13.4. The number of piperazine rings is 1. The lowest BCUT2D eigenvalue weighted by Gasteiger charge is -2.38. The zero-order valence-corrected chi connectivity index (χ0v) is 13.4. The highest BCUT2D eigenvalue weighted by atomic mass is 19.1. The van der Waals surface area contributed by atoms with E-state index in [2.05, 4.69) is 5.32 Å². The van der Waals surface area contributed by atoms with Gasteiger partial charge in [-0.1, -0.05) is 12.1 Å². The molecule has 1 fully saturated rings. The van der Waals surface area contributed by atoms with E-state index < -0.39 is 35.6 Å². The molecular formula is C16H21FN2O4. The fourth-order valence-corrected chi connectivity index (χ4v) is 2.37. The molecule has 0 bridgehead atoms. The predicted molar refractivity (Wildman–Crippen MR) is 81.1 cm³/mol. The minimum atomic E-state index is -1.27. The molecule has 2 amide bonds. The molecule has 0 radical (unpaired) electrons. The van der Waals surface area contributed by atoms with Crippen LogP contribution in [0.3, 0.4) is 0 Å². The monoisotopic (exact) mass is 324 g/mol. The highest BCUT2D eigenvalue weighted by Gasteiger charge is 2.40. The molecule has 23 heavy (non-hydrogen) atoms. The Bertz CT molecular complexity index is 583. The number of nitrogens with zero attached hydrogens (tertiary/aromatic N) is 1. The van der Waals surface area contributed by atoms with Crippen molar-refractivity contribution in [2.45, 2.75) is 38.5 Å². The Kier molecular flexibility index (Phi) is 4.89. The van der Waals surface area contributed by atoms with E-state index >= 15 is 0 Å². The smallest absolute Gasteiger partial charge is 0.411 e. The molecule has 7 heteroatoms. The van der Waals surface area contributed by atoms with Gasteiger partial charge < -0.3 is 15.2 Å². The van der Waals surface area contributed by atoms with E-state index in [9.17, 15) is 19.1 Å². The summed E-state index contributed by atoms with van der Waals surface area (Å²) in [7, 11) is 0. The third-order valence-corrected chi connectivity index (χ3v) is 3.39. The number of hydrogen-bond donors (Lipinski definition) is 2. The molecule has 0 aliphatic carbocycles. The number of aliphatic hydroxyl groups excluding tert-OH is 1. The van der Waals surface area contributed by atoms with Crippen molar-refractivity contribution in [2.75, 3.05) is 13.1 Å². The normalized spacial score (nSPS) is 20.0. The number of amides is 2. The second-order valence-electron chi connectivity index (χ2n) is 6.41. The average Bonchev–Trinajstić information content (AvgIpc) is 2.45. The van der Waals surface area contributed by atoms with Crippen LogP contribution in [0.2, 0.25) is 0 Å². The largest absolute Gasteiger partial charge is 0.444 e. The Morgan fingerprint density at radius 3 is 2.57 bits per heavy atom. The number of hydrogen-bond acceptors (Lipinski definition) is 4. The second kappa shape index (κ2) is 6.54. The molecule has 1 aromatic carbocycles. The first-order valence-electron chi connectivity index (χ1n) is 7.40. The molecule has 0 spiro atoms. The lowest BCUT2D eigenvalue weighted by atomic mass is 9.99. The van der Waals surface area contributed by atoms with Gasteiger partial charge in [0, 0.05) is 13.1 Å². The number of carbonyl (C=O) groups is 2. The fourth-order valence-electron chi connectivity index (χ4n) is 2.37. The van der Waals surface area contributed by atoms with Crippen molar-refractivity contribution in [1.82, 2.24) is 10.2 Å². The number of aliphatic hydroxyl groups is 1. The van der Waals surface area contributed by atoms with Gasteiger partial charge in [0.1, 0.15) is 23.6 Å². The third kappa shape index (κ3) is 4.19. The average molecular weight is 324 g/mol. The Morgan fingerprint density at radius 1 is 1.39 bits per heavy atom. The van der Waals surface area contributed by atoms with Crippen LogP contribution >= 0.6 is 0 Å². The molecule has 126 valence electrons. The lowest BCUT2D eigenvalue weighted by Crippen LogP contribution is -2.60. The van der Waals surface area contributed by atoms with E-state index in [1.807, 2.05) is 0 Å². The Labute approximate surface area is 134 Å². The van der Waals surface area contributed by atoms with Crippen LogP contribution in [0.15, 0.2) is 24.3 Å². The van der Waals surface area contributed by atoms with Crippen molar-refractivity contribution in [3.05, 3.63) is 35.6 Å². The zero-order chi connectivity index (χ0) is 17.2. The molecule has 0 aromatic heterocycles. The number of nitrogens with one attached hydrogen (secondary N) is 1. The van der Waals surface area contributed by atoms with Gasteiger partial charge in [0.15, 0.2) is 0 Å². The van der Waals surface area contributed by atoms with Gasteiger partial charge >= 0.3 is 6.09 Å². The summed E-state index contributed by atoms with van der Waals surface area (Å²) in [5.41, 5.74) is -0.363. The van der Waals surface area contributed by atoms with Gasteiger partial charge in [-0.2, -0.15) is 0 Å². The molecule has 0 saturated carbocycles. The predicted octanol–water partition coefficient (Wildman–Crippen LogP) is 1.59. The highest BCUT2D eigenvalue weighted by Crippen LogP contribution is 2.25. The van der Waals surface area contributed by atoms with Crippen LogP contribution in [0.1, 0.15) is 32.4 Å². The number of carbonyl (C=O) groups excluding carboxylic acids is 2. The summed E-state index contributed by atoms with van der Waals surface area (Å²) in [6.45, 7) is 5.68. The van der Waals surface area contributed by atoms with Crippen LogP contribution in [0, 0.1) is 5.82 Å². The van der Waals surface area contributed by atoms with Gasteiger partial charge in [0.05, 0.1) is 0 Å². The number of halogens is 1. The minimum absolute atomic E-state index is 0.226. The maximum absolute atomic E-state index is 13.0. The molecule has 1 saturated heterocycles. The molecule has 2 atom stereocenters. The van der Waals surface area contributed by atoms with Crippen molar-refractivity contribution < 1.29 is 23.8 Å². The topological polar surface area (TPSA) is 78.9 Å². The van der Waals surface area contributed by atoms with Crippen LogP contribution in [-0.2, 0) is 9.53 Å². The number of benzene rings is 1. The summed E-state index contributed by atoms with van der Waals surface area (Å²) in [4.78, 5) is 25.7. The molecule has 2 unspecified atom stereocenters. The summed E-state index contributed by atoms with van der Waals surface area (Å²) in [5.74, 6) is -0.919. The lowest BCUT2D eigenvalue weighted by molar-refractivity contribution is -0.133. The van der Waals surface area contributed by atoms with Gasteiger partial charge in [-0.15, -0.1) is 0 Å². The van der Waals surface area contributed by atoms with Crippen LogP contribution in [-0.4, -0.2) is 46.7 Å². The van der Waals surface area contributed by atoms with E-state index in [0.717, 1.165) is 0 Å². The molecule has 1 aliphatic heterocycles. The van der Waals surface area contributed by atoms with Crippen LogP contribution in [0.5, 0.6) is 0 Å². The minimum Gasteiger partial charge on any atom is -0.444 e. The first-order chi connectivity index (χ1) is 10.7. The van der Waals surface area contributed by atoms with Gasteiger partial charge in [-0.05, 0) is 38.5 Å². The summed E-state index contributed by atoms with van der Waals surface area (Å²) >= 11 is 0. The van der Waals surface area contributed by atoms with E-state index in [1.165, 1.54) is 29.2 Å². The summed E-state index contributed by atoms with van der Waals surface area (Å²) < 4.78 is 18.3. The fraction of sp³-hybridized carbons (Fsp3) is 0.500.